The smallest absolute Gasteiger partial charge is 0.234 e. The van der Waals surface area contributed by atoms with E-state index in [0.29, 0.717) is 15.2 Å². The Morgan fingerprint density at radius 2 is 1.88 bits per heavy atom. The average molecular weight is 394 g/mol. The predicted octanol–water partition coefficient (Wildman–Crippen LogP) is 4.01. The zero-order valence-corrected chi connectivity index (χ0v) is 15.4. The zero-order valence-electron chi connectivity index (χ0n) is 13.1. The van der Waals surface area contributed by atoms with Gasteiger partial charge < -0.3 is 5.32 Å². The first-order chi connectivity index (χ1) is 12.0. The number of rotatable bonds is 5. The Balaban J connectivity index is 1.65. The monoisotopic (exact) mass is 393 g/mol. The van der Waals surface area contributed by atoms with Gasteiger partial charge in [0.2, 0.25) is 11.1 Å². The fourth-order valence-electron chi connectivity index (χ4n) is 2.10. The molecule has 0 aliphatic carbocycles. The standard InChI is InChI=1S/C16H13Cl2N5OS/c1-10-8-12(18)4-7-14(10)19-15(24)9-25-16-20-21-22-23(16)13-5-2-11(17)3-6-13/h2-8H,9H2,1H3,(H,19,24). The van der Waals surface area contributed by atoms with E-state index in [2.05, 4.69) is 20.8 Å². The van der Waals surface area contributed by atoms with Crippen molar-refractivity contribution in [2.24, 2.45) is 0 Å². The van der Waals surface area contributed by atoms with E-state index in [1.165, 1.54) is 11.8 Å². The number of nitrogens with zero attached hydrogens (tertiary/aromatic N) is 4. The first-order valence-corrected chi connectivity index (χ1v) is 9.00. The van der Waals surface area contributed by atoms with Gasteiger partial charge in [0.25, 0.3) is 0 Å². The minimum atomic E-state index is -0.152. The lowest BCUT2D eigenvalue weighted by atomic mass is 10.2. The summed E-state index contributed by atoms with van der Waals surface area (Å²) in [6, 6.07) is 12.4. The van der Waals surface area contributed by atoms with Crippen molar-refractivity contribution in [1.29, 1.82) is 0 Å². The number of amides is 1. The molecule has 0 atom stereocenters. The highest BCUT2D eigenvalue weighted by molar-refractivity contribution is 7.99. The Labute approximate surface area is 158 Å². The molecule has 1 N–H and O–H groups in total. The fraction of sp³-hybridized carbons (Fsp3) is 0.125. The Morgan fingerprint density at radius 1 is 1.16 bits per heavy atom. The van der Waals surface area contributed by atoms with Crippen LogP contribution in [0.25, 0.3) is 5.69 Å². The van der Waals surface area contributed by atoms with E-state index >= 15 is 0 Å². The van der Waals surface area contributed by atoms with Crippen LogP contribution >= 0.6 is 35.0 Å². The molecule has 0 aliphatic heterocycles. The Bertz CT molecular complexity index is 898. The lowest BCUT2D eigenvalue weighted by molar-refractivity contribution is -0.113. The van der Waals surface area contributed by atoms with Gasteiger partial charge in [-0.15, -0.1) is 5.10 Å². The SMILES string of the molecule is Cc1cc(Cl)ccc1NC(=O)CSc1nnnn1-c1ccc(Cl)cc1. The third-order valence-corrected chi connectivity index (χ3v) is 4.71. The number of hydrogen-bond acceptors (Lipinski definition) is 5. The van der Waals surface area contributed by atoms with E-state index in [1.807, 2.05) is 6.92 Å². The van der Waals surface area contributed by atoms with Crippen molar-refractivity contribution in [1.82, 2.24) is 20.2 Å². The number of aromatic nitrogens is 4. The molecule has 9 heteroatoms. The topological polar surface area (TPSA) is 72.7 Å². The molecule has 0 radical (unpaired) electrons. The van der Waals surface area contributed by atoms with Gasteiger partial charge >= 0.3 is 0 Å². The van der Waals surface area contributed by atoms with Crippen LogP contribution in [0, 0.1) is 6.92 Å². The number of nitrogens with one attached hydrogen (secondary N) is 1. The lowest BCUT2D eigenvalue weighted by Gasteiger charge is -2.08. The highest BCUT2D eigenvalue weighted by atomic mass is 35.5. The molecule has 128 valence electrons. The Hall–Kier alpha value is -2.09. The largest absolute Gasteiger partial charge is 0.325 e. The molecule has 0 bridgehead atoms. The number of halogens is 2. The summed E-state index contributed by atoms with van der Waals surface area (Å²) in [5.74, 6) is 0.0248. The minimum absolute atomic E-state index is 0.152. The van der Waals surface area contributed by atoms with Crippen LogP contribution in [0.2, 0.25) is 10.0 Å². The molecule has 3 aromatic rings. The van der Waals surface area contributed by atoms with E-state index in [-0.39, 0.29) is 11.7 Å². The van der Waals surface area contributed by atoms with Gasteiger partial charge in [-0.2, -0.15) is 4.68 Å². The summed E-state index contributed by atoms with van der Waals surface area (Å²) in [5, 5.41) is 16.2. The van der Waals surface area contributed by atoms with Gasteiger partial charge in [0.15, 0.2) is 0 Å². The summed E-state index contributed by atoms with van der Waals surface area (Å²) in [6.45, 7) is 1.88. The molecule has 0 aliphatic rings. The lowest BCUT2D eigenvalue weighted by Crippen LogP contribution is -2.15. The van der Waals surface area contributed by atoms with Gasteiger partial charge in [-0.1, -0.05) is 35.0 Å². The quantitative estimate of drug-likeness (QED) is 0.662. The molecule has 1 amide bonds. The molecule has 0 saturated carbocycles. The number of anilines is 1. The molecule has 0 saturated heterocycles. The maximum Gasteiger partial charge on any atom is 0.234 e. The molecule has 2 aromatic carbocycles. The number of aryl methyl sites for hydroxylation is 1. The molecule has 0 unspecified atom stereocenters. The first kappa shape index (κ1) is 17.7. The second kappa shape index (κ2) is 7.86. The van der Waals surface area contributed by atoms with Crippen LogP contribution in [0.15, 0.2) is 47.6 Å². The number of benzene rings is 2. The van der Waals surface area contributed by atoms with Gasteiger partial charge in [-0.25, -0.2) is 0 Å². The molecule has 6 nitrogen and oxygen atoms in total. The first-order valence-electron chi connectivity index (χ1n) is 7.26. The molecular weight excluding hydrogens is 381 g/mol. The van der Waals surface area contributed by atoms with Crippen molar-refractivity contribution >= 4 is 46.6 Å². The normalized spacial score (nSPS) is 10.7. The summed E-state index contributed by atoms with van der Waals surface area (Å²) in [5.41, 5.74) is 2.40. The molecule has 0 spiro atoms. The molecule has 3 rings (SSSR count). The Morgan fingerprint density at radius 3 is 2.60 bits per heavy atom. The van der Waals surface area contributed by atoms with Crippen LogP contribution < -0.4 is 5.32 Å². The number of tetrazole rings is 1. The van der Waals surface area contributed by atoms with Crippen molar-refractivity contribution in [3.05, 3.63) is 58.1 Å². The summed E-state index contributed by atoms with van der Waals surface area (Å²) in [7, 11) is 0. The highest BCUT2D eigenvalue weighted by Crippen LogP contribution is 2.22. The second-order valence-electron chi connectivity index (χ2n) is 5.15. The van der Waals surface area contributed by atoms with E-state index in [4.69, 9.17) is 23.2 Å². The van der Waals surface area contributed by atoms with Gasteiger partial charge in [0, 0.05) is 15.7 Å². The van der Waals surface area contributed by atoms with E-state index in [9.17, 15) is 4.79 Å². The van der Waals surface area contributed by atoms with E-state index in [1.54, 1.807) is 47.1 Å². The summed E-state index contributed by atoms with van der Waals surface area (Å²) in [6.07, 6.45) is 0. The maximum absolute atomic E-state index is 12.2. The third-order valence-electron chi connectivity index (χ3n) is 3.31. The van der Waals surface area contributed by atoms with Crippen LogP contribution in [-0.4, -0.2) is 31.9 Å². The fourth-order valence-corrected chi connectivity index (χ4v) is 3.14. The van der Waals surface area contributed by atoms with Gasteiger partial charge in [-0.05, 0) is 65.4 Å². The average Bonchev–Trinajstić information content (AvgIpc) is 3.05. The van der Waals surface area contributed by atoms with Crippen molar-refractivity contribution in [2.45, 2.75) is 12.1 Å². The van der Waals surface area contributed by atoms with Crippen molar-refractivity contribution in [3.63, 3.8) is 0 Å². The third kappa shape index (κ3) is 4.50. The van der Waals surface area contributed by atoms with Gasteiger partial charge in [0.1, 0.15) is 0 Å². The maximum atomic E-state index is 12.2. The van der Waals surface area contributed by atoms with Crippen LogP contribution in [0.4, 0.5) is 5.69 Å². The van der Waals surface area contributed by atoms with Crippen molar-refractivity contribution < 1.29 is 4.79 Å². The van der Waals surface area contributed by atoms with Gasteiger partial charge in [0.05, 0.1) is 11.4 Å². The number of hydrogen-bond donors (Lipinski definition) is 1. The minimum Gasteiger partial charge on any atom is -0.325 e. The van der Waals surface area contributed by atoms with E-state index in [0.717, 1.165) is 16.9 Å². The van der Waals surface area contributed by atoms with Crippen LogP contribution in [0.3, 0.4) is 0 Å². The Kier molecular flexibility index (Phi) is 5.57. The van der Waals surface area contributed by atoms with Crippen LogP contribution in [0.1, 0.15) is 5.56 Å². The number of carbonyl (C=O) groups excluding carboxylic acids is 1. The molecule has 1 aromatic heterocycles. The molecule has 25 heavy (non-hydrogen) atoms. The molecular formula is C16H13Cl2N5OS. The zero-order chi connectivity index (χ0) is 17.8. The second-order valence-corrected chi connectivity index (χ2v) is 6.96. The highest BCUT2D eigenvalue weighted by Gasteiger charge is 2.12. The number of thioether (sulfide) groups is 1. The van der Waals surface area contributed by atoms with E-state index < -0.39 is 0 Å². The summed E-state index contributed by atoms with van der Waals surface area (Å²) < 4.78 is 1.56. The van der Waals surface area contributed by atoms with Crippen LogP contribution in [-0.2, 0) is 4.79 Å². The van der Waals surface area contributed by atoms with Crippen molar-refractivity contribution in [2.75, 3.05) is 11.1 Å². The molecule has 1 heterocycles. The molecule has 0 fully saturated rings. The number of carbonyl (C=O) groups is 1. The predicted molar refractivity (Wildman–Crippen MR) is 99.7 cm³/mol. The summed E-state index contributed by atoms with van der Waals surface area (Å²) in [4.78, 5) is 12.2. The van der Waals surface area contributed by atoms with Crippen LogP contribution in [0.5, 0.6) is 0 Å². The summed E-state index contributed by atoms with van der Waals surface area (Å²) >= 11 is 13.1. The van der Waals surface area contributed by atoms with Gasteiger partial charge in [-0.3, -0.25) is 4.79 Å². The van der Waals surface area contributed by atoms with Crippen molar-refractivity contribution in [3.8, 4) is 5.69 Å².